The second-order valence-electron chi connectivity index (χ2n) is 4.17. The third-order valence-electron chi connectivity index (χ3n) is 2.51. The standard InChI is InChI=1S/C14H16BrNOS/c1-10-5-11(15)7-12(6-10)16-8-13-3-4-14(17-13)9-18-2/h3-7,16H,8-9H2,1-2H3. The number of thioether (sulfide) groups is 1. The van der Waals surface area contributed by atoms with Gasteiger partial charge in [0.25, 0.3) is 0 Å². The summed E-state index contributed by atoms with van der Waals surface area (Å²) in [5, 5.41) is 3.37. The van der Waals surface area contributed by atoms with E-state index in [1.54, 1.807) is 11.8 Å². The molecule has 0 spiro atoms. The van der Waals surface area contributed by atoms with Crippen LogP contribution in [0.4, 0.5) is 5.69 Å². The molecule has 2 aromatic rings. The molecule has 1 heterocycles. The molecule has 2 rings (SSSR count). The van der Waals surface area contributed by atoms with Gasteiger partial charge in [0, 0.05) is 10.2 Å². The van der Waals surface area contributed by atoms with Crippen LogP contribution < -0.4 is 5.32 Å². The van der Waals surface area contributed by atoms with Gasteiger partial charge in [-0.25, -0.2) is 0 Å². The molecule has 0 unspecified atom stereocenters. The molecule has 96 valence electrons. The fraction of sp³-hybridized carbons (Fsp3) is 0.286. The first-order valence-electron chi connectivity index (χ1n) is 5.75. The third kappa shape index (κ3) is 3.82. The minimum absolute atomic E-state index is 0.713. The van der Waals surface area contributed by atoms with Crippen molar-refractivity contribution in [2.24, 2.45) is 0 Å². The molecule has 0 saturated carbocycles. The Morgan fingerprint density at radius 1 is 1.22 bits per heavy atom. The van der Waals surface area contributed by atoms with E-state index in [9.17, 15) is 0 Å². The predicted octanol–water partition coefficient (Wildman–Crippen LogP) is 4.83. The zero-order valence-corrected chi connectivity index (χ0v) is 12.9. The van der Waals surface area contributed by atoms with Gasteiger partial charge in [-0.05, 0) is 49.1 Å². The van der Waals surface area contributed by atoms with Crippen LogP contribution >= 0.6 is 27.7 Å². The molecule has 0 amide bonds. The van der Waals surface area contributed by atoms with Gasteiger partial charge in [-0.3, -0.25) is 0 Å². The monoisotopic (exact) mass is 325 g/mol. The lowest BCUT2D eigenvalue weighted by Gasteiger charge is -2.06. The Bertz CT molecular complexity index is 504. The van der Waals surface area contributed by atoms with Gasteiger partial charge in [-0.2, -0.15) is 11.8 Å². The van der Waals surface area contributed by atoms with E-state index in [1.807, 2.05) is 12.1 Å². The highest BCUT2D eigenvalue weighted by Crippen LogP contribution is 2.20. The van der Waals surface area contributed by atoms with Gasteiger partial charge >= 0.3 is 0 Å². The molecular weight excluding hydrogens is 310 g/mol. The average molecular weight is 326 g/mol. The minimum Gasteiger partial charge on any atom is -0.463 e. The number of rotatable bonds is 5. The number of halogens is 1. The van der Waals surface area contributed by atoms with Crippen molar-refractivity contribution in [3.63, 3.8) is 0 Å². The van der Waals surface area contributed by atoms with Gasteiger partial charge in [-0.15, -0.1) is 0 Å². The van der Waals surface area contributed by atoms with E-state index in [0.717, 1.165) is 27.4 Å². The first-order valence-corrected chi connectivity index (χ1v) is 7.93. The first kappa shape index (κ1) is 13.6. The summed E-state index contributed by atoms with van der Waals surface area (Å²) in [7, 11) is 0. The summed E-state index contributed by atoms with van der Waals surface area (Å²) in [4.78, 5) is 0. The van der Waals surface area contributed by atoms with Gasteiger partial charge in [0.1, 0.15) is 11.5 Å². The van der Waals surface area contributed by atoms with Crippen LogP contribution in [0.3, 0.4) is 0 Å². The normalized spacial score (nSPS) is 10.6. The van der Waals surface area contributed by atoms with Crippen molar-refractivity contribution in [2.45, 2.75) is 19.2 Å². The van der Waals surface area contributed by atoms with E-state index < -0.39 is 0 Å². The maximum absolute atomic E-state index is 5.71. The van der Waals surface area contributed by atoms with Gasteiger partial charge in [0.05, 0.1) is 12.3 Å². The first-order chi connectivity index (χ1) is 8.67. The molecule has 18 heavy (non-hydrogen) atoms. The molecule has 1 aromatic carbocycles. The van der Waals surface area contributed by atoms with Crippen molar-refractivity contribution in [1.82, 2.24) is 0 Å². The SMILES string of the molecule is CSCc1ccc(CNc2cc(C)cc(Br)c2)o1. The van der Waals surface area contributed by atoms with E-state index in [2.05, 4.69) is 52.6 Å². The Hall–Kier alpha value is -0.870. The van der Waals surface area contributed by atoms with E-state index in [0.29, 0.717) is 6.54 Å². The van der Waals surface area contributed by atoms with Gasteiger partial charge in [0.15, 0.2) is 0 Å². The van der Waals surface area contributed by atoms with Crippen LogP contribution in [0, 0.1) is 6.92 Å². The molecule has 0 bridgehead atoms. The van der Waals surface area contributed by atoms with Crippen LogP contribution in [0.5, 0.6) is 0 Å². The van der Waals surface area contributed by atoms with Crippen LogP contribution in [0.1, 0.15) is 17.1 Å². The highest BCUT2D eigenvalue weighted by Gasteiger charge is 2.02. The molecule has 0 aliphatic heterocycles. The number of hydrogen-bond acceptors (Lipinski definition) is 3. The lowest BCUT2D eigenvalue weighted by Crippen LogP contribution is -1.98. The minimum atomic E-state index is 0.713. The summed E-state index contributed by atoms with van der Waals surface area (Å²) in [5.74, 6) is 2.93. The van der Waals surface area contributed by atoms with Crippen LogP contribution in [0.25, 0.3) is 0 Å². The number of furan rings is 1. The van der Waals surface area contributed by atoms with Gasteiger partial charge in [-0.1, -0.05) is 15.9 Å². The van der Waals surface area contributed by atoms with Crippen molar-refractivity contribution in [3.8, 4) is 0 Å². The smallest absolute Gasteiger partial charge is 0.123 e. The summed E-state index contributed by atoms with van der Waals surface area (Å²) in [6.07, 6.45) is 2.07. The van der Waals surface area contributed by atoms with Crippen LogP contribution in [-0.4, -0.2) is 6.26 Å². The summed E-state index contributed by atoms with van der Waals surface area (Å²) < 4.78 is 6.80. The Kier molecular flexibility index (Phi) is 4.78. The molecule has 4 heteroatoms. The quantitative estimate of drug-likeness (QED) is 0.852. The topological polar surface area (TPSA) is 25.2 Å². The summed E-state index contributed by atoms with van der Waals surface area (Å²) in [6.45, 7) is 2.80. The molecule has 0 saturated heterocycles. The average Bonchev–Trinajstić information content (AvgIpc) is 2.74. The van der Waals surface area contributed by atoms with E-state index >= 15 is 0 Å². The number of benzene rings is 1. The fourth-order valence-electron chi connectivity index (χ4n) is 1.76. The Morgan fingerprint density at radius 2 is 2.00 bits per heavy atom. The van der Waals surface area contributed by atoms with Crippen molar-refractivity contribution in [3.05, 3.63) is 51.9 Å². The Morgan fingerprint density at radius 3 is 2.72 bits per heavy atom. The van der Waals surface area contributed by atoms with Crippen LogP contribution in [0.2, 0.25) is 0 Å². The lowest BCUT2D eigenvalue weighted by molar-refractivity contribution is 0.487. The number of nitrogens with one attached hydrogen (secondary N) is 1. The molecule has 0 aliphatic rings. The van der Waals surface area contributed by atoms with Crippen LogP contribution in [-0.2, 0) is 12.3 Å². The molecule has 0 aliphatic carbocycles. The van der Waals surface area contributed by atoms with Gasteiger partial charge in [0.2, 0.25) is 0 Å². The largest absolute Gasteiger partial charge is 0.463 e. The molecule has 2 nitrogen and oxygen atoms in total. The highest BCUT2D eigenvalue weighted by atomic mass is 79.9. The highest BCUT2D eigenvalue weighted by molar-refractivity contribution is 9.10. The maximum atomic E-state index is 5.71. The van der Waals surface area contributed by atoms with Crippen molar-refractivity contribution in [1.29, 1.82) is 0 Å². The number of hydrogen-bond donors (Lipinski definition) is 1. The molecular formula is C14H16BrNOS. The van der Waals surface area contributed by atoms with Crippen LogP contribution in [0.15, 0.2) is 39.2 Å². The van der Waals surface area contributed by atoms with E-state index in [-0.39, 0.29) is 0 Å². The second-order valence-corrected chi connectivity index (χ2v) is 5.95. The molecule has 0 fully saturated rings. The van der Waals surface area contributed by atoms with Gasteiger partial charge < -0.3 is 9.73 Å². The Labute approximate surface area is 120 Å². The predicted molar refractivity (Wildman–Crippen MR) is 82.1 cm³/mol. The fourth-order valence-corrected chi connectivity index (χ4v) is 2.81. The Balaban J connectivity index is 1.97. The second kappa shape index (κ2) is 6.34. The summed E-state index contributed by atoms with van der Waals surface area (Å²) in [6, 6.07) is 10.4. The number of aryl methyl sites for hydroxylation is 1. The van der Waals surface area contributed by atoms with Crippen molar-refractivity contribution < 1.29 is 4.42 Å². The third-order valence-corrected chi connectivity index (χ3v) is 3.54. The zero-order chi connectivity index (χ0) is 13.0. The van der Waals surface area contributed by atoms with Crippen molar-refractivity contribution in [2.75, 3.05) is 11.6 Å². The number of anilines is 1. The lowest BCUT2D eigenvalue weighted by atomic mass is 10.2. The zero-order valence-electron chi connectivity index (χ0n) is 10.5. The van der Waals surface area contributed by atoms with E-state index in [4.69, 9.17) is 4.42 Å². The maximum Gasteiger partial charge on any atom is 0.123 e. The molecule has 1 aromatic heterocycles. The molecule has 0 radical (unpaired) electrons. The summed E-state index contributed by atoms with van der Waals surface area (Å²) >= 11 is 5.26. The molecule has 0 atom stereocenters. The van der Waals surface area contributed by atoms with Crippen molar-refractivity contribution >= 4 is 33.4 Å². The van der Waals surface area contributed by atoms with E-state index in [1.165, 1.54) is 5.56 Å². The molecule has 1 N–H and O–H groups in total. The summed E-state index contributed by atoms with van der Waals surface area (Å²) in [5.41, 5.74) is 2.33.